The van der Waals surface area contributed by atoms with Crippen molar-refractivity contribution in [2.75, 3.05) is 24.7 Å². The second kappa shape index (κ2) is 8.75. The van der Waals surface area contributed by atoms with Gasteiger partial charge in [-0.15, -0.1) is 0 Å². The number of nitrogens with two attached hydrogens (primary N) is 1. The Bertz CT molecular complexity index is 1510. The maximum Gasteiger partial charge on any atom is 0.165 e. The highest BCUT2D eigenvalue weighted by Gasteiger charge is 2.18. The third-order valence-corrected chi connectivity index (χ3v) is 5.84. The average Bonchev–Trinajstić information content (AvgIpc) is 2.88. The predicted octanol–water partition coefficient (Wildman–Crippen LogP) is 5.71. The van der Waals surface area contributed by atoms with Gasteiger partial charge < -0.3 is 10.6 Å². The minimum atomic E-state index is 0.391. The first-order chi connectivity index (χ1) is 16.6. The standard InChI is InChI=1S/C28H24N6/c1-4-18-8-7-15-30-26(18)22-10-6-5-9-21(22)23-16-24(19-11-13-20(14-12-19)34(2)3)33-28-25(23)27(29)31-17-32-28/h4-17H,1H2,2-3H3,(H2,29,31,32,33). The highest BCUT2D eigenvalue weighted by molar-refractivity contribution is 6.04. The number of rotatable bonds is 5. The molecule has 0 radical (unpaired) electrons. The Hall–Kier alpha value is -4.58. The largest absolute Gasteiger partial charge is 0.383 e. The van der Waals surface area contributed by atoms with Gasteiger partial charge in [0.25, 0.3) is 0 Å². The highest BCUT2D eigenvalue weighted by atomic mass is 15.1. The lowest BCUT2D eigenvalue weighted by atomic mass is 9.92. The van der Waals surface area contributed by atoms with Crippen LogP contribution in [0.15, 0.2) is 85.8 Å². The predicted molar refractivity (Wildman–Crippen MR) is 140 cm³/mol. The van der Waals surface area contributed by atoms with Crippen LogP contribution in [0.5, 0.6) is 0 Å². The average molecular weight is 445 g/mol. The van der Waals surface area contributed by atoms with E-state index in [1.54, 1.807) is 6.20 Å². The van der Waals surface area contributed by atoms with Crippen LogP contribution in [0.2, 0.25) is 0 Å². The summed E-state index contributed by atoms with van der Waals surface area (Å²) >= 11 is 0. The van der Waals surface area contributed by atoms with Gasteiger partial charge in [-0.05, 0) is 35.4 Å². The van der Waals surface area contributed by atoms with Gasteiger partial charge in [-0.2, -0.15) is 0 Å². The normalized spacial score (nSPS) is 10.9. The van der Waals surface area contributed by atoms with Crippen LogP contribution in [-0.2, 0) is 0 Å². The summed E-state index contributed by atoms with van der Waals surface area (Å²) in [5.41, 5.74) is 14.5. The highest BCUT2D eigenvalue weighted by Crippen LogP contribution is 2.39. The fourth-order valence-electron chi connectivity index (χ4n) is 4.11. The van der Waals surface area contributed by atoms with Gasteiger partial charge in [-0.25, -0.2) is 15.0 Å². The van der Waals surface area contributed by atoms with Gasteiger partial charge >= 0.3 is 0 Å². The van der Waals surface area contributed by atoms with E-state index in [2.05, 4.69) is 68.9 Å². The first-order valence-electron chi connectivity index (χ1n) is 10.9. The van der Waals surface area contributed by atoms with Gasteiger partial charge in [-0.1, -0.05) is 55.1 Å². The molecule has 0 fully saturated rings. The number of benzene rings is 2. The maximum atomic E-state index is 6.35. The van der Waals surface area contributed by atoms with E-state index >= 15 is 0 Å². The molecule has 3 aromatic heterocycles. The molecular weight excluding hydrogens is 420 g/mol. The first-order valence-corrected chi connectivity index (χ1v) is 10.9. The van der Waals surface area contributed by atoms with Crippen molar-refractivity contribution in [3.8, 4) is 33.6 Å². The fourth-order valence-corrected chi connectivity index (χ4v) is 4.11. The zero-order chi connectivity index (χ0) is 23.7. The summed E-state index contributed by atoms with van der Waals surface area (Å²) in [5.74, 6) is 0.391. The number of hydrogen-bond donors (Lipinski definition) is 1. The summed E-state index contributed by atoms with van der Waals surface area (Å²) in [5, 5.41) is 0.722. The molecule has 2 N–H and O–H groups in total. The number of fused-ring (bicyclic) bond motifs is 1. The quantitative estimate of drug-likeness (QED) is 0.374. The van der Waals surface area contributed by atoms with E-state index in [4.69, 9.17) is 10.7 Å². The van der Waals surface area contributed by atoms with E-state index in [0.717, 1.165) is 50.3 Å². The molecule has 34 heavy (non-hydrogen) atoms. The molecule has 5 rings (SSSR count). The molecule has 6 heteroatoms. The molecule has 5 aromatic rings. The Labute approximate surface area is 198 Å². The maximum absolute atomic E-state index is 6.35. The molecule has 0 aliphatic carbocycles. The molecule has 0 atom stereocenters. The van der Waals surface area contributed by atoms with E-state index < -0.39 is 0 Å². The van der Waals surface area contributed by atoms with Crippen LogP contribution >= 0.6 is 0 Å². The van der Waals surface area contributed by atoms with Gasteiger partial charge in [0.1, 0.15) is 12.1 Å². The Morgan fingerprint density at radius 1 is 0.853 bits per heavy atom. The minimum absolute atomic E-state index is 0.391. The fraction of sp³-hybridized carbons (Fsp3) is 0.0714. The van der Waals surface area contributed by atoms with Crippen LogP contribution in [-0.4, -0.2) is 34.0 Å². The third-order valence-electron chi connectivity index (χ3n) is 5.84. The van der Waals surface area contributed by atoms with E-state index in [-0.39, 0.29) is 0 Å². The number of aromatic nitrogens is 4. The summed E-state index contributed by atoms with van der Waals surface area (Å²) in [6, 6.07) is 22.4. The third kappa shape index (κ3) is 3.75. The van der Waals surface area contributed by atoms with E-state index in [9.17, 15) is 0 Å². The second-order valence-electron chi connectivity index (χ2n) is 8.14. The van der Waals surface area contributed by atoms with Gasteiger partial charge in [0.15, 0.2) is 5.65 Å². The van der Waals surface area contributed by atoms with Gasteiger partial charge in [0.05, 0.1) is 16.8 Å². The molecule has 3 heterocycles. The van der Waals surface area contributed by atoms with Crippen LogP contribution in [0.25, 0.3) is 50.8 Å². The molecule has 0 saturated heterocycles. The van der Waals surface area contributed by atoms with Gasteiger partial charge in [0, 0.05) is 42.7 Å². The molecule has 166 valence electrons. The molecule has 0 amide bonds. The molecule has 0 aliphatic rings. The summed E-state index contributed by atoms with van der Waals surface area (Å²) < 4.78 is 0. The summed E-state index contributed by atoms with van der Waals surface area (Å²) in [6.45, 7) is 3.96. The smallest absolute Gasteiger partial charge is 0.165 e. The number of nitrogen functional groups attached to an aromatic ring is 1. The van der Waals surface area contributed by atoms with Crippen molar-refractivity contribution < 1.29 is 0 Å². The van der Waals surface area contributed by atoms with Crippen molar-refractivity contribution in [3.63, 3.8) is 0 Å². The van der Waals surface area contributed by atoms with Crippen LogP contribution in [0, 0.1) is 0 Å². The number of hydrogen-bond acceptors (Lipinski definition) is 6. The van der Waals surface area contributed by atoms with Crippen molar-refractivity contribution in [2.24, 2.45) is 0 Å². The van der Waals surface area contributed by atoms with Crippen molar-refractivity contribution in [1.82, 2.24) is 19.9 Å². The van der Waals surface area contributed by atoms with Crippen molar-refractivity contribution >= 4 is 28.6 Å². The lowest BCUT2D eigenvalue weighted by Gasteiger charge is -2.16. The van der Waals surface area contributed by atoms with Crippen molar-refractivity contribution in [2.45, 2.75) is 0 Å². The van der Waals surface area contributed by atoms with Crippen LogP contribution < -0.4 is 10.6 Å². The molecule has 0 spiro atoms. The van der Waals surface area contributed by atoms with Crippen LogP contribution in [0.4, 0.5) is 11.5 Å². The van der Waals surface area contributed by atoms with E-state index in [0.29, 0.717) is 11.5 Å². The molecule has 6 nitrogen and oxygen atoms in total. The van der Waals surface area contributed by atoms with Crippen molar-refractivity contribution in [3.05, 3.63) is 91.4 Å². The molecule has 2 aromatic carbocycles. The monoisotopic (exact) mass is 444 g/mol. The molecule has 0 aliphatic heterocycles. The summed E-state index contributed by atoms with van der Waals surface area (Å²) in [7, 11) is 4.04. The summed E-state index contributed by atoms with van der Waals surface area (Å²) in [6.07, 6.45) is 5.06. The topological polar surface area (TPSA) is 80.8 Å². The molecule has 0 saturated carbocycles. The number of nitrogens with zero attached hydrogens (tertiary/aromatic N) is 5. The molecular formula is C28H24N6. The SMILES string of the molecule is C=Cc1cccnc1-c1ccccc1-c1cc(-c2ccc(N(C)C)cc2)nc2ncnc(N)c12. The van der Waals surface area contributed by atoms with E-state index in [1.807, 2.05) is 44.4 Å². The van der Waals surface area contributed by atoms with Gasteiger partial charge in [0.2, 0.25) is 0 Å². The number of anilines is 2. The zero-order valence-electron chi connectivity index (χ0n) is 19.1. The minimum Gasteiger partial charge on any atom is -0.383 e. The Balaban J connectivity index is 1.79. The van der Waals surface area contributed by atoms with Crippen LogP contribution in [0.3, 0.4) is 0 Å². The van der Waals surface area contributed by atoms with Crippen molar-refractivity contribution in [1.29, 1.82) is 0 Å². The lowest BCUT2D eigenvalue weighted by Crippen LogP contribution is -2.08. The first kappa shape index (κ1) is 21.3. The Kier molecular flexibility index (Phi) is 5.47. The zero-order valence-corrected chi connectivity index (χ0v) is 19.1. The lowest BCUT2D eigenvalue weighted by molar-refractivity contribution is 1.13. The van der Waals surface area contributed by atoms with Gasteiger partial charge in [-0.3, -0.25) is 4.98 Å². The Morgan fingerprint density at radius 2 is 1.62 bits per heavy atom. The summed E-state index contributed by atoms with van der Waals surface area (Å²) in [4.78, 5) is 20.3. The second-order valence-corrected chi connectivity index (χ2v) is 8.14. The number of pyridine rings is 2. The van der Waals surface area contributed by atoms with E-state index in [1.165, 1.54) is 6.33 Å². The van der Waals surface area contributed by atoms with Crippen LogP contribution in [0.1, 0.15) is 5.56 Å². The molecule has 0 bridgehead atoms. The molecule has 0 unspecified atom stereocenters. The Morgan fingerprint density at radius 3 is 2.35 bits per heavy atom.